The number of aliphatic hydroxyl groups is 1. The summed E-state index contributed by atoms with van der Waals surface area (Å²) in [6, 6.07) is 0. The third kappa shape index (κ3) is 4.07. The molecule has 0 spiro atoms. The number of hydrogen-bond donors (Lipinski definition) is 1. The SMILES string of the molecule is CCn1nc(C)c(Br)c1CC(O)CC(C)COC. The molecule has 4 nitrogen and oxygen atoms in total. The summed E-state index contributed by atoms with van der Waals surface area (Å²) in [4.78, 5) is 0. The van der Waals surface area contributed by atoms with Crippen LogP contribution in [0.1, 0.15) is 31.7 Å². The van der Waals surface area contributed by atoms with Crippen LogP contribution in [-0.4, -0.2) is 34.7 Å². The van der Waals surface area contributed by atoms with E-state index in [0.29, 0.717) is 18.9 Å². The topological polar surface area (TPSA) is 47.3 Å². The first-order chi connectivity index (χ1) is 8.49. The van der Waals surface area contributed by atoms with E-state index < -0.39 is 0 Å². The molecular weight excluding hydrogens is 296 g/mol. The predicted molar refractivity (Wildman–Crippen MR) is 75.7 cm³/mol. The number of hydrogen-bond acceptors (Lipinski definition) is 3. The summed E-state index contributed by atoms with van der Waals surface area (Å²) in [5.41, 5.74) is 2.05. The van der Waals surface area contributed by atoms with Crippen molar-refractivity contribution in [3.8, 4) is 0 Å². The van der Waals surface area contributed by atoms with Crippen LogP contribution >= 0.6 is 15.9 Å². The number of aromatic nitrogens is 2. The second-order valence-electron chi connectivity index (χ2n) is 4.82. The summed E-state index contributed by atoms with van der Waals surface area (Å²) in [6.07, 6.45) is 1.02. The summed E-state index contributed by atoms with van der Waals surface area (Å²) < 4.78 is 8.05. The van der Waals surface area contributed by atoms with Crippen molar-refractivity contribution in [2.45, 2.75) is 46.3 Å². The number of ether oxygens (including phenoxy) is 1. The van der Waals surface area contributed by atoms with Crippen LogP contribution in [0.2, 0.25) is 0 Å². The summed E-state index contributed by atoms with van der Waals surface area (Å²) in [5, 5.41) is 14.6. The van der Waals surface area contributed by atoms with Gasteiger partial charge in [0.05, 0.1) is 22.0 Å². The van der Waals surface area contributed by atoms with E-state index in [-0.39, 0.29) is 6.10 Å². The van der Waals surface area contributed by atoms with Crippen molar-refractivity contribution >= 4 is 15.9 Å². The molecule has 0 aliphatic heterocycles. The minimum Gasteiger partial charge on any atom is -0.393 e. The summed E-state index contributed by atoms with van der Waals surface area (Å²) in [5.74, 6) is 0.364. The second kappa shape index (κ2) is 7.26. The van der Waals surface area contributed by atoms with Gasteiger partial charge < -0.3 is 9.84 Å². The van der Waals surface area contributed by atoms with E-state index in [1.165, 1.54) is 0 Å². The monoisotopic (exact) mass is 318 g/mol. The summed E-state index contributed by atoms with van der Waals surface area (Å²) in [6.45, 7) is 7.62. The Hall–Kier alpha value is -0.390. The third-order valence-corrected chi connectivity index (χ3v) is 4.04. The number of halogens is 1. The zero-order valence-electron chi connectivity index (χ0n) is 11.6. The molecule has 0 saturated heterocycles. The quantitative estimate of drug-likeness (QED) is 0.840. The Kier molecular flexibility index (Phi) is 6.32. The molecule has 1 heterocycles. The maximum Gasteiger partial charge on any atom is 0.0738 e. The molecule has 0 saturated carbocycles. The largest absolute Gasteiger partial charge is 0.393 e. The molecule has 1 rings (SSSR count). The molecule has 1 aromatic rings. The van der Waals surface area contributed by atoms with E-state index in [9.17, 15) is 5.11 Å². The van der Waals surface area contributed by atoms with Crippen molar-refractivity contribution in [2.24, 2.45) is 5.92 Å². The van der Waals surface area contributed by atoms with Crippen molar-refractivity contribution in [1.29, 1.82) is 0 Å². The lowest BCUT2D eigenvalue weighted by Crippen LogP contribution is -2.19. The van der Waals surface area contributed by atoms with E-state index in [0.717, 1.165) is 28.8 Å². The minimum absolute atomic E-state index is 0.354. The lowest BCUT2D eigenvalue weighted by atomic mass is 10.0. The van der Waals surface area contributed by atoms with E-state index in [1.807, 2.05) is 11.6 Å². The fourth-order valence-corrected chi connectivity index (χ4v) is 2.63. The number of rotatable bonds is 7. The highest BCUT2D eigenvalue weighted by atomic mass is 79.9. The fraction of sp³-hybridized carbons (Fsp3) is 0.769. The molecule has 0 radical (unpaired) electrons. The molecule has 0 aliphatic rings. The van der Waals surface area contributed by atoms with Crippen LogP contribution in [0, 0.1) is 12.8 Å². The van der Waals surface area contributed by atoms with Crippen molar-refractivity contribution in [3.05, 3.63) is 15.9 Å². The van der Waals surface area contributed by atoms with Gasteiger partial charge in [0.1, 0.15) is 0 Å². The van der Waals surface area contributed by atoms with Gasteiger partial charge in [-0.05, 0) is 42.1 Å². The van der Waals surface area contributed by atoms with Gasteiger partial charge in [-0.15, -0.1) is 0 Å². The molecule has 5 heteroatoms. The summed E-state index contributed by atoms with van der Waals surface area (Å²) in [7, 11) is 1.69. The molecule has 18 heavy (non-hydrogen) atoms. The molecule has 0 fully saturated rings. The first-order valence-corrected chi connectivity index (χ1v) is 7.17. The van der Waals surface area contributed by atoms with Crippen molar-refractivity contribution in [2.75, 3.05) is 13.7 Å². The minimum atomic E-state index is -0.354. The number of aryl methyl sites for hydroxylation is 2. The lowest BCUT2D eigenvalue weighted by molar-refractivity contribution is 0.100. The van der Waals surface area contributed by atoms with Gasteiger partial charge in [0.2, 0.25) is 0 Å². The maximum absolute atomic E-state index is 10.1. The summed E-state index contributed by atoms with van der Waals surface area (Å²) >= 11 is 3.55. The Morgan fingerprint density at radius 3 is 2.72 bits per heavy atom. The van der Waals surface area contributed by atoms with E-state index in [2.05, 4.69) is 34.9 Å². The Bertz CT molecular complexity index is 379. The van der Waals surface area contributed by atoms with Crippen LogP contribution in [-0.2, 0) is 17.7 Å². The van der Waals surface area contributed by atoms with Crippen molar-refractivity contribution < 1.29 is 9.84 Å². The van der Waals surface area contributed by atoms with Crippen LogP contribution in [0.4, 0.5) is 0 Å². The van der Waals surface area contributed by atoms with Gasteiger partial charge >= 0.3 is 0 Å². The van der Waals surface area contributed by atoms with Crippen LogP contribution in [0.25, 0.3) is 0 Å². The normalized spacial score (nSPS) is 14.8. The van der Waals surface area contributed by atoms with Gasteiger partial charge in [0, 0.05) is 26.7 Å². The number of nitrogens with zero attached hydrogens (tertiary/aromatic N) is 2. The second-order valence-corrected chi connectivity index (χ2v) is 5.61. The Labute approximate surface area is 117 Å². The Morgan fingerprint density at radius 1 is 1.50 bits per heavy atom. The smallest absolute Gasteiger partial charge is 0.0738 e. The Morgan fingerprint density at radius 2 is 2.17 bits per heavy atom. The average molecular weight is 319 g/mol. The average Bonchev–Trinajstić information content (AvgIpc) is 2.57. The molecule has 0 bridgehead atoms. The van der Waals surface area contributed by atoms with E-state index >= 15 is 0 Å². The molecule has 2 unspecified atom stereocenters. The van der Waals surface area contributed by atoms with E-state index in [1.54, 1.807) is 7.11 Å². The van der Waals surface area contributed by atoms with Crippen molar-refractivity contribution in [1.82, 2.24) is 9.78 Å². The van der Waals surface area contributed by atoms with Crippen LogP contribution in [0.15, 0.2) is 4.47 Å². The first kappa shape index (κ1) is 15.7. The molecule has 2 atom stereocenters. The predicted octanol–water partition coefficient (Wildman–Crippen LogP) is 2.55. The van der Waals surface area contributed by atoms with Crippen molar-refractivity contribution in [3.63, 3.8) is 0 Å². The maximum atomic E-state index is 10.1. The number of methoxy groups -OCH3 is 1. The highest BCUT2D eigenvalue weighted by Crippen LogP contribution is 2.23. The number of aliphatic hydroxyl groups excluding tert-OH is 1. The van der Waals surface area contributed by atoms with Gasteiger partial charge in [0.15, 0.2) is 0 Å². The first-order valence-electron chi connectivity index (χ1n) is 6.38. The molecular formula is C13H23BrN2O2. The fourth-order valence-electron chi connectivity index (χ4n) is 2.19. The van der Waals surface area contributed by atoms with Gasteiger partial charge in [-0.2, -0.15) is 5.10 Å². The molecule has 0 aliphatic carbocycles. The Balaban J connectivity index is 2.66. The zero-order valence-corrected chi connectivity index (χ0v) is 13.2. The highest BCUT2D eigenvalue weighted by molar-refractivity contribution is 9.10. The van der Waals surface area contributed by atoms with Gasteiger partial charge in [0.25, 0.3) is 0 Å². The molecule has 0 amide bonds. The highest BCUT2D eigenvalue weighted by Gasteiger charge is 2.17. The molecule has 104 valence electrons. The van der Waals surface area contributed by atoms with Crippen LogP contribution in [0.3, 0.4) is 0 Å². The third-order valence-electron chi connectivity index (χ3n) is 3.01. The molecule has 1 aromatic heterocycles. The van der Waals surface area contributed by atoms with E-state index in [4.69, 9.17) is 4.74 Å². The van der Waals surface area contributed by atoms with Gasteiger partial charge in [-0.1, -0.05) is 6.92 Å². The van der Waals surface area contributed by atoms with Crippen LogP contribution < -0.4 is 0 Å². The van der Waals surface area contributed by atoms with Gasteiger partial charge in [-0.25, -0.2) is 0 Å². The van der Waals surface area contributed by atoms with Gasteiger partial charge in [-0.3, -0.25) is 4.68 Å². The molecule has 1 N–H and O–H groups in total. The lowest BCUT2D eigenvalue weighted by Gasteiger charge is -2.16. The van der Waals surface area contributed by atoms with Crippen LogP contribution in [0.5, 0.6) is 0 Å². The molecule has 0 aromatic carbocycles. The zero-order chi connectivity index (χ0) is 13.7. The standard InChI is InChI=1S/C13H23BrN2O2/c1-5-16-12(13(14)10(3)15-16)7-11(17)6-9(2)8-18-4/h9,11,17H,5-8H2,1-4H3.